The van der Waals surface area contributed by atoms with E-state index in [1.165, 1.54) is 0 Å². The summed E-state index contributed by atoms with van der Waals surface area (Å²) in [6.45, 7) is 8.32. The fourth-order valence-corrected chi connectivity index (χ4v) is 2.43. The van der Waals surface area contributed by atoms with Crippen LogP contribution in [0.2, 0.25) is 0 Å². The first-order chi connectivity index (χ1) is 11.2. The van der Waals surface area contributed by atoms with Crippen LogP contribution >= 0.6 is 0 Å². The smallest absolute Gasteiger partial charge is 0.220 e. The van der Waals surface area contributed by atoms with Gasteiger partial charge >= 0.3 is 0 Å². The molecule has 0 aliphatic rings. The van der Waals surface area contributed by atoms with Crippen molar-refractivity contribution in [2.75, 3.05) is 46.6 Å². The van der Waals surface area contributed by atoms with E-state index in [1.54, 1.807) is 13.4 Å². The Bertz CT molecular complexity index is 405. The molecule has 0 spiro atoms. The standard InChI is InChI=1S/C17H30N2O4/c1-4-19(5-2)15(16-8-6-11-23-16)14-18-17(20)9-7-10-22-13-12-21-3/h6,8,11,15H,4-5,7,9-10,12-14H2,1-3H3,(H,18,20)/t15-/m0/s1. The van der Waals surface area contributed by atoms with Gasteiger partial charge in [-0.1, -0.05) is 13.8 Å². The van der Waals surface area contributed by atoms with Crippen LogP contribution in [0.4, 0.5) is 0 Å². The monoisotopic (exact) mass is 326 g/mol. The van der Waals surface area contributed by atoms with E-state index in [-0.39, 0.29) is 11.9 Å². The summed E-state index contributed by atoms with van der Waals surface area (Å²) in [6.07, 6.45) is 2.85. The second-order valence-corrected chi connectivity index (χ2v) is 5.27. The molecule has 0 unspecified atom stereocenters. The van der Waals surface area contributed by atoms with Gasteiger partial charge in [-0.25, -0.2) is 0 Å². The molecule has 1 aromatic rings. The Morgan fingerprint density at radius 3 is 2.70 bits per heavy atom. The normalized spacial score (nSPS) is 12.5. The lowest BCUT2D eigenvalue weighted by Gasteiger charge is -2.28. The van der Waals surface area contributed by atoms with Crippen LogP contribution < -0.4 is 5.32 Å². The Hall–Kier alpha value is -1.37. The van der Waals surface area contributed by atoms with E-state index in [2.05, 4.69) is 24.1 Å². The van der Waals surface area contributed by atoms with E-state index < -0.39 is 0 Å². The van der Waals surface area contributed by atoms with Crippen LogP contribution in [0, 0.1) is 0 Å². The number of likely N-dealkylation sites (N-methyl/N-ethyl adjacent to an activating group) is 1. The summed E-state index contributed by atoms with van der Waals surface area (Å²) in [5.41, 5.74) is 0. The number of nitrogens with zero attached hydrogens (tertiary/aromatic N) is 1. The number of carbonyl (C=O) groups excluding carboxylic acids is 1. The highest BCUT2D eigenvalue weighted by Crippen LogP contribution is 2.20. The predicted molar refractivity (Wildman–Crippen MR) is 89.3 cm³/mol. The van der Waals surface area contributed by atoms with E-state index in [9.17, 15) is 4.79 Å². The minimum atomic E-state index is 0.0454. The SMILES string of the molecule is CCN(CC)[C@@H](CNC(=O)CCCOCCOC)c1ccco1. The van der Waals surface area contributed by atoms with Crippen LogP contribution in [0.3, 0.4) is 0 Å². The van der Waals surface area contributed by atoms with Gasteiger partial charge in [-0.05, 0) is 31.6 Å². The maximum absolute atomic E-state index is 12.0. The van der Waals surface area contributed by atoms with Gasteiger partial charge in [0, 0.05) is 26.7 Å². The maximum Gasteiger partial charge on any atom is 0.220 e. The molecule has 0 aliphatic carbocycles. The van der Waals surface area contributed by atoms with Crippen molar-refractivity contribution in [1.29, 1.82) is 0 Å². The average molecular weight is 326 g/mol. The van der Waals surface area contributed by atoms with Gasteiger partial charge in [0.15, 0.2) is 0 Å². The van der Waals surface area contributed by atoms with Crippen LogP contribution in [0.1, 0.15) is 38.5 Å². The van der Waals surface area contributed by atoms with Crippen molar-refractivity contribution < 1.29 is 18.7 Å². The minimum absolute atomic E-state index is 0.0454. The highest BCUT2D eigenvalue weighted by atomic mass is 16.5. The van der Waals surface area contributed by atoms with Crippen molar-refractivity contribution in [3.8, 4) is 0 Å². The van der Waals surface area contributed by atoms with Crippen molar-refractivity contribution >= 4 is 5.91 Å². The van der Waals surface area contributed by atoms with Crippen molar-refractivity contribution in [2.45, 2.75) is 32.7 Å². The van der Waals surface area contributed by atoms with Gasteiger partial charge in [0.2, 0.25) is 5.91 Å². The van der Waals surface area contributed by atoms with Crippen molar-refractivity contribution in [1.82, 2.24) is 10.2 Å². The van der Waals surface area contributed by atoms with Gasteiger partial charge in [0.1, 0.15) is 5.76 Å². The minimum Gasteiger partial charge on any atom is -0.468 e. The number of hydrogen-bond donors (Lipinski definition) is 1. The largest absolute Gasteiger partial charge is 0.468 e. The van der Waals surface area contributed by atoms with Crippen LogP contribution in [-0.2, 0) is 14.3 Å². The van der Waals surface area contributed by atoms with Gasteiger partial charge < -0.3 is 19.2 Å². The molecule has 0 aromatic carbocycles. The van der Waals surface area contributed by atoms with Gasteiger partial charge in [-0.2, -0.15) is 0 Å². The molecule has 6 heteroatoms. The summed E-state index contributed by atoms with van der Waals surface area (Å²) in [5, 5.41) is 3.00. The predicted octanol–water partition coefficient (Wildman–Crippen LogP) is 2.22. The number of methoxy groups -OCH3 is 1. The van der Waals surface area contributed by atoms with Crippen LogP contribution in [0.25, 0.3) is 0 Å². The molecule has 0 aliphatic heterocycles. The number of amides is 1. The van der Waals surface area contributed by atoms with Crippen molar-refractivity contribution in [2.24, 2.45) is 0 Å². The second kappa shape index (κ2) is 12.1. The first kappa shape index (κ1) is 19.7. The molecule has 1 atom stereocenters. The Labute approximate surface area is 139 Å². The summed E-state index contributed by atoms with van der Waals surface area (Å²) < 4.78 is 15.8. The first-order valence-corrected chi connectivity index (χ1v) is 8.33. The lowest BCUT2D eigenvalue weighted by Crippen LogP contribution is -2.37. The molecule has 6 nitrogen and oxygen atoms in total. The summed E-state index contributed by atoms with van der Waals surface area (Å²) >= 11 is 0. The third-order valence-corrected chi connectivity index (χ3v) is 3.74. The second-order valence-electron chi connectivity index (χ2n) is 5.27. The van der Waals surface area contributed by atoms with Crippen LogP contribution in [0.15, 0.2) is 22.8 Å². The Balaban J connectivity index is 2.32. The van der Waals surface area contributed by atoms with Crippen molar-refractivity contribution in [3.05, 3.63) is 24.2 Å². The van der Waals surface area contributed by atoms with Gasteiger partial charge in [-0.15, -0.1) is 0 Å². The van der Waals surface area contributed by atoms with E-state index in [0.29, 0.717) is 39.2 Å². The fraction of sp³-hybridized carbons (Fsp3) is 0.706. The Kier molecular flexibility index (Phi) is 10.4. The third-order valence-electron chi connectivity index (χ3n) is 3.74. The van der Waals surface area contributed by atoms with Gasteiger partial charge in [0.05, 0.1) is 25.5 Å². The molecular weight excluding hydrogens is 296 g/mol. The number of nitrogens with one attached hydrogen (secondary N) is 1. The molecule has 1 amide bonds. The first-order valence-electron chi connectivity index (χ1n) is 8.33. The molecule has 1 aromatic heterocycles. The molecule has 0 saturated heterocycles. The molecule has 0 fully saturated rings. The summed E-state index contributed by atoms with van der Waals surface area (Å²) in [5.74, 6) is 0.931. The number of carbonyl (C=O) groups is 1. The van der Waals surface area contributed by atoms with E-state index in [4.69, 9.17) is 13.9 Å². The maximum atomic E-state index is 12.0. The summed E-state index contributed by atoms with van der Waals surface area (Å²) in [7, 11) is 1.64. The van der Waals surface area contributed by atoms with Gasteiger partial charge in [-0.3, -0.25) is 9.69 Å². The van der Waals surface area contributed by atoms with Crippen LogP contribution in [-0.4, -0.2) is 57.4 Å². The van der Waals surface area contributed by atoms with E-state index in [0.717, 1.165) is 18.8 Å². The highest BCUT2D eigenvalue weighted by molar-refractivity contribution is 5.75. The fourth-order valence-electron chi connectivity index (χ4n) is 2.43. The van der Waals surface area contributed by atoms with Crippen molar-refractivity contribution in [3.63, 3.8) is 0 Å². The molecule has 1 N–H and O–H groups in total. The molecule has 0 saturated carbocycles. The highest BCUT2D eigenvalue weighted by Gasteiger charge is 2.21. The van der Waals surface area contributed by atoms with E-state index >= 15 is 0 Å². The number of furan rings is 1. The number of rotatable bonds is 13. The molecule has 132 valence electrons. The number of ether oxygens (including phenoxy) is 2. The zero-order chi connectivity index (χ0) is 16.9. The molecular formula is C17H30N2O4. The molecule has 1 heterocycles. The molecule has 1 rings (SSSR count). The summed E-state index contributed by atoms with van der Waals surface area (Å²) in [6, 6.07) is 3.91. The zero-order valence-corrected chi connectivity index (χ0v) is 14.5. The average Bonchev–Trinajstić information content (AvgIpc) is 3.08. The lowest BCUT2D eigenvalue weighted by molar-refractivity contribution is -0.121. The molecule has 0 radical (unpaired) electrons. The summed E-state index contributed by atoms with van der Waals surface area (Å²) in [4.78, 5) is 14.2. The quantitative estimate of drug-likeness (QED) is 0.563. The topological polar surface area (TPSA) is 63.9 Å². The zero-order valence-electron chi connectivity index (χ0n) is 14.5. The third kappa shape index (κ3) is 7.63. The Morgan fingerprint density at radius 2 is 2.09 bits per heavy atom. The molecule has 0 bridgehead atoms. The van der Waals surface area contributed by atoms with E-state index in [1.807, 2.05) is 12.1 Å². The lowest BCUT2D eigenvalue weighted by atomic mass is 10.1. The number of hydrogen-bond acceptors (Lipinski definition) is 5. The van der Waals surface area contributed by atoms with Gasteiger partial charge in [0.25, 0.3) is 0 Å². The molecule has 23 heavy (non-hydrogen) atoms. The van der Waals surface area contributed by atoms with Crippen LogP contribution in [0.5, 0.6) is 0 Å². The Morgan fingerprint density at radius 1 is 1.30 bits per heavy atom.